The average Bonchev–Trinajstić information content (AvgIpc) is 2.42. The molecule has 0 atom stereocenters. The van der Waals surface area contributed by atoms with Gasteiger partial charge in [-0.3, -0.25) is 0 Å². The van der Waals surface area contributed by atoms with Gasteiger partial charge in [0.05, 0.1) is 6.10 Å². The Balaban J connectivity index is 1.96. The van der Waals surface area contributed by atoms with Crippen LogP contribution in [0.25, 0.3) is 6.08 Å². The standard InChI is InChI=1S/C19H29NO/c1-5-6-14-13-17(11-12-18(14)20)21-16-9-7-15(8-10-16)19(2,3)4/h5-6,11-13,15-16H,7-10,20H2,1-4H3/b6-5-. The van der Waals surface area contributed by atoms with Gasteiger partial charge in [-0.1, -0.05) is 32.9 Å². The number of hydrogen-bond donors (Lipinski definition) is 1. The molecule has 0 aliphatic heterocycles. The van der Waals surface area contributed by atoms with Gasteiger partial charge in [0.15, 0.2) is 0 Å². The zero-order valence-electron chi connectivity index (χ0n) is 13.9. The van der Waals surface area contributed by atoms with E-state index in [1.165, 1.54) is 12.8 Å². The monoisotopic (exact) mass is 287 g/mol. The molecule has 1 aliphatic rings. The molecule has 2 rings (SSSR count). The molecule has 1 aromatic rings. The summed E-state index contributed by atoms with van der Waals surface area (Å²) in [5, 5.41) is 0. The largest absolute Gasteiger partial charge is 0.490 e. The molecule has 0 saturated heterocycles. The molecule has 116 valence electrons. The Kier molecular flexibility index (Phi) is 4.97. The molecule has 0 heterocycles. The van der Waals surface area contributed by atoms with Crippen molar-refractivity contribution in [1.29, 1.82) is 0 Å². The fraction of sp³-hybridized carbons (Fsp3) is 0.579. The van der Waals surface area contributed by atoms with Crippen LogP contribution in [-0.4, -0.2) is 6.10 Å². The highest BCUT2D eigenvalue weighted by atomic mass is 16.5. The van der Waals surface area contributed by atoms with Gasteiger partial charge in [-0.25, -0.2) is 0 Å². The van der Waals surface area contributed by atoms with Crippen molar-refractivity contribution in [3.63, 3.8) is 0 Å². The highest BCUT2D eigenvalue weighted by Crippen LogP contribution is 2.38. The summed E-state index contributed by atoms with van der Waals surface area (Å²) in [6, 6.07) is 5.97. The molecule has 0 aromatic heterocycles. The topological polar surface area (TPSA) is 35.2 Å². The molecule has 1 saturated carbocycles. The number of nitrogens with two attached hydrogens (primary N) is 1. The van der Waals surface area contributed by atoms with Gasteiger partial charge >= 0.3 is 0 Å². The summed E-state index contributed by atoms with van der Waals surface area (Å²) in [6.07, 6.45) is 9.24. The average molecular weight is 287 g/mol. The number of benzene rings is 1. The summed E-state index contributed by atoms with van der Waals surface area (Å²) < 4.78 is 6.17. The smallest absolute Gasteiger partial charge is 0.120 e. The molecule has 0 amide bonds. The lowest BCUT2D eigenvalue weighted by Crippen LogP contribution is -2.30. The lowest BCUT2D eigenvalue weighted by molar-refractivity contribution is 0.0882. The Labute approximate surface area is 129 Å². The molecular weight excluding hydrogens is 258 g/mol. The molecule has 2 N–H and O–H groups in total. The molecule has 2 nitrogen and oxygen atoms in total. The second kappa shape index (κ2) is 6.55. The Morgan fingerprint density at radius 1 is 1.14 bits per heavy atom. The number of allylic oxidation sites excluding steroid dienone is 1. The van der Waals surface area contributed by atoms with Gasteiger partial charge in [0, 0.05) is 11.3 Å². The summed E-state index contributed by atoms with van der Waals surface area (Å²) in [4.78, 5) is 0. The molecule has 1 aliphatic carbocycles. The third kappa shape index (κ3) is 4.26. The predicted octanol–water partition coefficient (Wildman–Crippen LogP) is 5.29. The van der Waals surface area contributed by atoms with Crippen molar-refractivity contribution in [2.45, 2.75) is 59.5 Å². The first kappa shape index (κ1) is 15.9. The molecule has 0 spiro atoms. The van der Waals surface area contributed by atoms with Gasteiger partial charge in [0.2, 0.25) is 0 Å². The zero-order chi connectivity index (χ0) is 15.5. The van der Waals surface area contributed by atoms with E-state index in [2.05, 4.69) is 20.8 Å². The van der Waals surface area contributed by atoms with E-state index in [0.717, 1.165) is 35.8 Å². The minimum Gasteiger partial charge on any atom is -0.490 e. The van der Waals surface area contributed by atoms with Crippen LogP contribution in [0.3, 0.4) is 0 Å². The minimum atomic E-state index is 0.352. The SMILES string of the molecule is C/C=C\c1cc(OC2CCC(C(C)(C)C)CC2)ccc1N. The van der Waals surface area contributed by atoms with E-state index in [1.807, 2.05) is 37.3 Å². The van der Waals surface area contributed by atoms with Gasteiger partial charge in [-0.15, -0.1) is 0 Å². The lowest BCUT2D eigenvalue weighted by atomic mass is 9.72. The molecule has 1 fully saturated rings. The summed E-state index contributed by atoms with van der Waals surface area (Å²) in [5.74, 6) is 1.76. The van der Waals surface area contributed by atoms with E-state index >= 15 is 0 Å². The van der Waals surface area contributed by atoms with Crippen molar-refractivity contribution in [1.82, 2.24) is 0 Å². The Hall–Kier alpha value is -1.44. The lowest BCUT2D eigenvalue weighted by Gasteiger charge is -2.37. The second-order valence-electron chi connectivity index (χ2n) is 7.25. The number of nitrogen functional groups attached to an aromatic ring is 1. The molecule has 21 heavy (non-hydrogen) atoms. The third-order valence-corrected chi connectivity index (χ3v) is 4.61. The number of ether oxygens (including phenoxy) is 1. The molecule has 0 bridgehead atoms. The van der Waals surface area contributed by atoms with Crippen molar-refractivity contribution < 1.29 is 4.74 Å². The van der Waals surface area contributed by atoms with Crippen LogP contribution in [0.2, 0.25) is 0 Å². The van der Waals surface area contributed by atoms with E-state index < -0.39 is 0 Å². The van der Waals surface area contributed by atoms with Gasteiger partial charge in [0.1, 0.15) is 5.75 Å². The van der Waals surface area contributed by atoms with Crippen LogP contribution in [0.15, 0.2) is 24.3 Å². The van der Waals surface area contributed by atoms with Crippen LogP contribution in [0.4, 0.5) is 5.69 Å². The maximum Gasteiger partial charge on any atom is 0.120 e. The van der Waals surface area contributed by atoms with Gasteiger partial charge in [-0.05, 0) is 62.1 Å². The van der Waals surface area contributed by atoms with Crippen LogP contribution in [0.1, 0.15) is 58.9 Å². The molecule has 0 unspecified atom stereocenters. The van der Waals surface area contributed by atoms with E-state index in [0.29, 0.717) is 11.5 Å². The Morgan fingerprint density at radius 2 is 1.81 bits per heavy atom. The molecule has 0 radical (unpaired) electrons. The van der Waals surface area contributed by atoms with Gasteiger partial charge in [-0.2, -0.15) is 0 Å². The summed E-state index contributed by atoms with van der Waals surface area (Å²) in [5.41, 5.74) is 8.23. The van der Waals surface area contributed by atoms with E-state index in [-0.39, 0.29) is 0 Å². The fourth-order valence-electron chi connectivity index (χ4n) is 3.19. The first-order valence-electron chi connectivity index (χ1n) is 8.09. The first-order valence-corrected chi connectivity index (χ1v) is 8.09. The van der Waals surface area contributed by atoms with Crippen LogP contribution in [-0.2, 0) is 0 Å². The van der Waals surface area contributed by atoms with Gasteiger partial charge in [0.25, 0.3) is 0 Å². The van der Waals surface area contributed by atoms with E-state index in [1.54, 1.807) is 0 Å². The van der Waals surface area contributed by atoms with Crippen molar-refractivity contribution in [3.8, 4) is 5.75 Å². The maximum absolute atomic E-state index is 6.17. The predicted molar refractivity (Wildman–Crippen MR) is 91.4 cm³/mol. The first-order chi connectivity index (χ1) is 9.90. The zero-order valence-corrected chi connectivity index (χ0v) is 13.9. The Bertz CT molecular complexity index is 491. The summed E-state index contributed by atoms with van der Waals surface area (Å²) in [6.45, 7) is 9.05. The number of hydrogen-bond acceptors (Lipinski definition) is 2. The maximum atomic E-state index is 6.17. The number of anilines is 1. The van der Waals surface area contributed by atoms with Crippen LogP contribution >= 0.6 is 0 Å². The van der Waals surface area contributed by atoms with Crippen LogP contribution in [0.5, 0.6) is 5.75 Å². The second-order valence-corrected chi connectivity index (χ2v) is 7.25. The van der Waals surface area contributed by atoms with Crippen molar-refractivity contribution in [3.05, 3.63) is 29.8 Å². The van der Waals surface area contributed by atoms with Gasteiger partial charge < -0.3 is 10.5 Å². The number of rotatable bonds is 3. The normalized spacial score (nSPS) is 23.4. The highest BCUT2D eigenvalue weighted by molar-refractivity contribution is 5.66. The minimum absolute atomic E-state index is 0.352. The fourth-order valence-corrected chi connectivity index (χ4v) is 3.19. The highest BCUT2D eigenvalue weighted by Gasteiger charge is 2.30. The Morgan fingerprint density at radius 3 is 2.38 bits per heavy atom. The summed E-state index contributed by atoms with van der Waals surface area (Å²) in [7, 11) is 0. The molecule has 2 heteroatoms. The molecule has 1 aromatic carbocycles. The van der Waals surface area contributed by atoms with Crippen LogP contribution < -0.4 is 10.5 Å². The quantitative estimate of drug-likeness (QED) is 0.767. The van der Waals surface area contributed by atoms with Crippen molar-refractivity contribution >= 4 is 11.8 Å². The van der Waals surface area contributed by atoms with E-state index in [4.69, 9.17) is 10.5 Å². The third-order valence-electron chi connectivity index (χ3n) is 4.61. The van der Waals surface area contributed by atoms with E-state index in [9.17, 15) is 0 Å². The summed E-state index contributed by atoms with van der Waals surface area (Å²) >= 11 is 0. The van der Waals surface area contributed by atoms with Crippen LogP contribution in [0, 0.1) is 11.3 Å². The molecular formula is C19H29NO. The van der Waals surface area contributed by atoms with Crippen molar-refractivity contribution in [2.75, 3.05) is 5.73 Å². The van der Waals surface area contributed by atoms with Crippen molar-refractivity contribution in [2.24, 2.45) is 11.3 Å².